The molecule has 1 aliphatic heterocycles. The van der Waals surface area contributed by atoms with Crippen LogP contribution in [0.1, 0.15) is 54.3 Å². The number of carbonyl (C=O) groups excluding carboxylic acids is 3. The largest absolute Gasteiger partial charge is 0.325 e. The number of nitrogens with one attached hydrogen (secondary N) is 1. The molecule has 1 N–H and O–H groups in total. The monoisotopic (exact) mass is 634 g/mol. The van der Waals surface area contributed by atoms with Gasteiger partial charge in [-0.2, -0.15) is 5.10 Å². The van der Waals surface area contributed by atoms with Gasteiger partial charge in [-0.3, -0.25) is 24.0 Å². The Labute approximate surface area is 249 Å². The number of amides is 2. The summed E-state index contributed by atoms with van der Waals surface area (Å²) in [5.74, 6) is -0.594. The predicted octanol–water partition coefficient (Wildman–Crippen LogP) is 4.33. The molecule has 1 unspecified atom stereocenters. The molecule has 4 aromatic heterocycles. The Morgan fingerprint density at radius 1 is 1.12 bits per heavy atom. The van der Waals surface area contributed by atoms with E-state index in [1.807, 2.05) is 0 Å². The lowest BCUT2D eigenvalue weighted by Crippen LogP contribution is -2.47. The second-order valence-electron chi connectivity index (χ2n) is 11.4. The molecule has 5 heterocycles. The van der Waals surface area contributed by atoms with Crippen LogP contribution in [0.3, 0.4) is 0 Å². The summed E-state index contributed by atoms with van der Waals surface area (Å²) in [6, 6.07) is 2.23. The van der Waals surface area contributed by atoms with E-state index in [9.17, 15) is 18.8 Å². The highest BCUT2D eigenvalue weighted by Crippen LogP contribution is 2.59. The minimum absolute atomic E-state index is 0.00793. The van der Waals surface area contributed by atoms with E-state index in [0.29, 0.717) is 45.7 Å². The number of aryl methyl sites for hydroxylation is 3. The number of hydrogen-bond donors (Lipinski definition) is 1. The lowest BCUT2D eigenvalue weighted by molar-refractivity contribution is -0.138. The molecule has 2 fully saturated rings. The number of fused-ring (bicyclic) bond motifs is 2. The molecule has 42 heavy (non-hydrogen) atoms. The number of aromatic nitrogens is 6. The molecule has 11 nitrogen and oxygen atoms in total. The van der Waals surface area contributed by atoms with Crippen molar-refractivity contribution in [2.75, 3.05) is 5.32 Å². The SMILES string of the molecule is CC(=O)c1nn(CC(=O)N2C3C[C@]3(C)C[C@H]2C(=O)Nc2nc(Br)c(F)cc2C)c2c(C)nc(-c3cnc(C)nc3)cc12. The van der Waals surface area contributed by atoms with Gasteiger partial charge in [-0.25, -0.2) is 19.3 Å². The van der Waals surface area contributed by atoms with Crippen molar-refractivity contribution in [3.05, 3.63) is 57.7 Å². The highest BCUT2D eigenvalue weighted by molar-refractivity contribution is 9.10. The molecule has 1 saturated carbocycles. The minimum atomic E-state index is -0.729. The quantitative estimate of drug-likeness (QED) is 0.244. The molecule has 2 amide bonds. The number of piperidine rings is 1. The van der Waals surface area contributed by atoms with Crippen LogP contribution in [0.15, 0.2) is 29.1 Å². The summed E-state index contributed by atoms with van der Waals surface area (Å²) in [5.41, 5.74) is 2.98. The van der Waals surface area contributed by atoms with Gasteiger partial charge >= 0.3 is 0 Å². The molecule has 0 spiro atoms. The third kappa shape index (κ3) is 4.75. The Morgan fingerprint density at radius 3 is 2.52 bits per heavy atom. The molecule has 3 atom stereocenters. The number of halogens is 2. The van der Waals surface area contributed by atoms with Crippen molar-refractivity contribution in [3.63, 3.8) is 0 Å². The van der Waals surface area contributed by atoms with E-state index in [2.05, 4.69) is 48.2 Å². The second kappa shape index (κ2) is 10.0. The summed E-state index contributed by atoms with van der Waals surface area (Å²) in [6.07, 6.45) is 4.63. The van der Waals surface area contributed by atoms with Crippen LogP contribution in [-0.4, -0.2) is 64.3 Å². The second-order valence-corrected chi connectivity index (χ2v) is 12.1. The smallest absolute Gasteiger partial charge is 0.248 e. The van der Waals surface area contributed by atoms with Crippen molar-refractivity contribution >= 4 is 50.2 Å². The lowest BCUT2D eigenvalue weighted by atomic mass is 10.0. The van der Waals surface area contributed by atoms with Crippen LogP contribution in [0.2, 0.25) is 0 Å². The van der Waals surface area contributed by atoms with Crippen molar-refractivity contribution in [1.29, 1.82) is 0 Å². The number of carbonyl (C=O) groups is 3. The number of hydrogen-bond acceptors (Lipinski definition) is 8. The summed E-state index contributed by atoms with van der Waals surface area (Å²) in [7, 11) is 0. The number of Topliss-reactive ketones (excluding diaryl/α,β-unsaturated/α-hetero) is 1. The molecule has 1 saturated heterocycles. The van der Waals surface area contributed by atoms with Crippen LogP contribution < -0.4 is 5.32 Å². The first kappa shape index (κ1) is 28.0. The zero-order chi connectivity index (χ0) is 30.1. The third-order valence-corrected chi connectivity index (χ3v) is 8.74. The maximum absolute atomic E-state index is 13.9. The number of anilines is 1. The van der Waals surface area contributed by atoms with Crippen molar-refractivity contribution in [2.45, 2.75) is 66.1 Å². The Bertz CT molecular complexity index is 1810. The molecule has 216 valence electrons. The fourth-order valence-corrected chi connectivity index (χ4v) is 6.19. The lowest BCUT2D eigenvalue weighted by Gasteiger charge is -2.27. The first-order chi connectivity index (χ1) is 19.9. The summed E-state index contributed by atoms with van der Waals surface area (Å²) in [5, 5.41) is 7.89. The van der Waals surface area contributed by atoms with E-state index in [-0.39, 0.29) is 51.7 Å². The van der Waals surface area contributed by atoms with E-state index in [4.69, 9.17) is 4.98 Å². The summed E-state index contributed by atoms with van der Waals surface area (Å²) in [4.78, 5) is 58.9. The van der Waals surface area contributed by atoms with Crippen molar-refractivity contribution in [3.8, 4) is 11.3 Å². The van der Waals surface area contributed by atoms with Crippen molar-refractivity contribution in [1.82, 2.24) is 34.6 Å². The highest BCUT2D eigenvalue weighted by atomic mass is 79.9. The van der Waals surface area contributed by atoms with Gasteiger partial charge in [0.15, 0.2) is 11.6 Å². The topological polar surface area (TPSA) is 136 Å². The molecule has 1 aliphatic carbocycles. The van der Waals surface area contributed by atoms with E-state index < -0.39 is 11.9 Å². The van der Waals surface area contributed by atoms with Crippen LogP contribution in [-0.2, 0) is 16.1 Å². The molecule has 6 rings (SSSR count). The van der Waals surface area contributed by atoms with Crippen LogP contribution in [0, 0.1) is 32.0 Å². The Hall–Kier alpha value is -4.13. The predicted molar refractivity (Wildman–Crippen MR) is 155 cm³/mol. The van der Waals surface area contributed by atoms with Crippen LogP contribution in [0.25, 0.3) is 22.2 Å². The van der Waals surface area contributed by atoms with Crippen LogP contribution in [0.5, 0.6) is 0 Å². The van der Waals surface area contributed by atoms with Crippen LogP contribution >= 0.6 is 15.9 Å². The average Bonchev–Trinajstić information content (AvgIpc) is 3.28. The Morgan fingerprint density at radius 2 is 1.83 bits per heavy atom. The number of pyridine rings is 2. The molecule has 0 aromatic carbocycles. The van der Waals surface area contributed by atoms with Gasteiger partial charge in [0.05, 0.1) is 16.9 Å². The van der Waals surface area contributed by atoms with E-state index in [1.54, 1.807) is 44.1 Å². The summed E-state index contributed by atoms with van der Waals surface area (Å²) in [6.45, 7) is 8.56. The molecular formula is C29H28BrFN8O3. The maximum Gasteiger partial charge on any atom is 0.248 e. The average molecular weight is 635 g/mol. The molecule has 4 aromatic rings. The number of rotatable bonds is 6. The summed E-state index contributed by atoms with van der Waals surface area (Å²) < 4.78 is 15.4. The van der Waals surface area contributed by atoms with Gasteiger partial charge in [-0.15, -0.1) is 0 Å². The standard InChI is InChI=1S/C29H28BrFN8O3/c1-13-6-19(31)26(30)35-27(13)36-28(42)21-8-29(5)9-22(29)39(21)23(41)12-38-25-14(2)34-20(17-10-32-16(4)33-11-17)7-18(25)24(37-38)15(3)40/h6-7,10-11,21-22H,8-9,12H2,1-5H3,(H,35,36,42)/t21-,22?,29-/m0/s1. The van der Waals surface area contributed by atoms with Crippen LogP contribution in [0.4, 0.5) is 10.2 Å². The Kier molecular flexibility index (Phi) is 6.67. The number of ketones is 1. The van der Waals surface area contributed by atoms with Gasteiger partial charge in [-0.05, 0) is 72.7 Å². The Balaban J connectivity index is 1.31. The van der Waals surface area contributed by atoms with Gasteiger partial charge < -0.3 is 10.2 Å². The summed E-state index contributed by atoms with van der Waals surface area (Å²) >= 11 is 3.06. The first-order valence-corrected chi connectivity index (χ1v) is 14.3. The highest BCUT2D eigenvalue weighted by Gasteiger charge is 2.64. The van der Waals surface area contributed by atoms with E-state index >= 15 is 0 Å². The van der Waals surface area contributed by atoms with Crippen molar-refractivity contribution < 1.29 is 18.8 Å². The number of nitrogens with zero attached hydrogens (tertiary/aromatic N) is 7. The molecular weight excluding hydrogens is 607 g/mol. The molecule has 0 radical (unpaired) electrons. The van der Waals surface area contributed by atoms with Gasteiger partial charge in [0.1, 0.15) is 34.5 Å². The fourth-order valence-electron chi connectivity index (χ4n) is 5.90. The molecule has 0 bridgehead atoms. The fraction of sp³-hybridized carbons (Fsp3) is 0.379. The van der Waals surface area contributed by atoms with Gasteiger partial charge in [-0.1, -0.05) is 6.92 Å². The van der Waals surface area contributed by atoms with E-state index in [0.717, 1.165) is 6.42 Å². The van der Waals surface area contributed by atoms with Gasteiger partial charge in [0.25, 0.3) is 0 Å². The molecule has 2 aliphatic rings. The third-order valence-electron chi connectivity index (χ3n) is 8.19. The maximum atomic E-state index is 13.9. The number of likely N-dealkylation sites (tertiary alicyclic amines) is 1. The van der Waals surface area contributed by atoms with Crippen molar-refractivity contribution in [2.24, 2.45) is 5.41 Å². The van der Waals surface area contributed by atoms with E-state index in [1.165, 1.54) is 17.7 Å². The van der Waals surface area contributed by atoms with Gasteiger partial charge in [0.2, 0.25) is 11.8 Å². The van der Waals surface area contributed by atoms with Gasteiger partial charge in [0, 0.05) is 36.3 Å². The minimum Gasteiger partial charge on any atom is -0.325 e. The molecule has 13 heteroatoms. The normalized spacial score (nSPS) is 21.0. The zero-order valence-electron chi connectivity index (χ0n) is 23.7. The first-order valence-electron chi connectivity index (χ1n) is 13.5. The zero-order valence-corrected chi connectivity index (χ0v) is 25.3.